The van der Waals surface area contributed by atoms with Crippen LogP contribution < -0.4 is 0 Å². The van der Waals surface area contributed by atoms with Crippen LogP contribution in [0.15, 0.2) is 12.3 Å². The first-order chi connectivity index (χ1) is 5.41. The number of hydrogen-bond donors (Lipinski definition) is 0. The third-order valence-corrected chi connectivity index (χ3v) is 2.11. The Kier molecular flexibility index (Phi) is 2.70. The van der Waals surface area contributed by atoms with Crippen molar-refractivity contribution in [2.24, 2.45) is 0 Å². The topological polar surface area (TPSA) is 12.9 Å². The Labute approximate surface area is 85.5 Å². The fraction of sp³-hybridized carbons (Fsp3) is 0.444. The summed E-state index contributed by atoms with van der Waals surface area (Å²) in [5.41, 5.74) is 0.317. The lowest BCUT2D eigenvalue weighted by Crippen LogP contribution is -2.15. The Bertz CT molecular complexity index is 291. The van der Waals surface area contributed by atoms with Crippen molar-refractivity contribution in [2.75, 3.05) is 0 Å². The highest BCUT2D eigenvalue weighted by atomic mass is 127. The van der Waals surface area contributed by atoms with E-state index >= 15 is 0 Å². The zero-order chi connectivity index (χ0) is 9.35. The lowest BCUT2D eigenvalue weighted by atomic mass is 9.91. The highest BCUT2D eigenvalue weighted by molar-refractivity contribution is 14.1. The third-order valence-electron chi connectivity index (χ3n) is 1.52. The van der Waals surface area contributed by atoms with Crippen LogP contribution in [0.1, 0.15) is 26.5 Å². The van der Waals surface area contributed by atoms with Gasteiger partial charge in [0.25, 0.3) is 0 Å². The highest BCUT2D eigenvalue weighted by Gasteiger charge is 2.19. The molecule has 1 nitrogen and oxygen atoms in total. The average Bonchev–Trinajstić information content (AvgIpc) is 1.83. The van der Waals surface area contributed by atoms with Crippen LogP contribution in [0.5, 0.6) is 0 Å². The van der Waals surface area contributed by atoms with Crippen LogP contribution >= 0.6 is 22.6 Å². The van der Waals surface area contributed by atoms with Gasteiger partial charge < -0.3 is 0 Å². The van der Waals surface area contributed by atoms with Gasteiger partial charge in [-0.3, -0.25) is 4.98 Å². The fourth-order valence-corrected chi connectivity index (χ4v) is 1.38. The van der Waals surface area contributed by atoms with E-state index in [1.807, 2.05) is 43.4 Å². The van der Waals surface area contributed by atoms with Crippen LogP contribution in [0.25, 0.3) is 0 Å². The van der Waals surface area contributed by atoms with E-state index in [-0.39, 0.29) is 11.2 Å². The zero-order valence-corrected chi connectivity index (χ0v) is 9.52. The Morgan fingerprint density at radius 2 is 2.00 bits per heavy atom. The molecule has 0 saturated carbocycles. The van der Waals surface area contributed by atoms with E-state index in [0.717, 1.165) is 3.57 Å². The summed E-state index contributed by atoms with van der Waals surface area (Å²) < 4.78 is 14.1. The Morgan fingerprint density at radius 1 is 1.42 bits per heavy atom. The molecule has 1 heterocycles. The molecule has 0 aliphatic carbocycles. The second-order valence-corrected chi connectivity index (χ2v) is 4.98. The SMILES string of the molecule is CC(C)(C)c1ncc(I)cc1F. The number of aromatic nitrogens is 1. The summed E-state index contributed by atoms with van der Waals surface area (Å²) in [6, 6.07) is 1.51. The van der Waals surface area contributed by atoms with Crippen LogP contribution in [-0.2, 0) is 5.41 Å². The summed E-state index contributed by atoms with van der Waals surface area (Å²) in [5, 5.41) is 0. The van der Waals surface area contributed by atoms with Crippen molar-refractivity contribution >= 4 is 22.6 Å². The monoisotopic (exact) mass is 279 g/mol. The summed E-state index contributed by atoms with van der Waals surface area (Å²) in [5.74, 6) is -0.214. The van der Waals surface area contributed by atoms with Gasteiger partial charge in [-0.15, -0.1) is 0 Å². The van der Waals surface area contributed by atoms with Gasteiger partial charge in [0.2, 0.25) is 0 Å². The molecule has 1 aromatic heterocycles. The van der Waals surface area contributed by atoms with Gasteiger partial charge >= 0.3 is 0 Å². The van der Waals surface area contributed by atoms with Crippen molar-refractivity contribution in [2.45, 2.75) is 26.2 Å². The van der Waals surface area contributed by atoms with Crippen LogP contribution in [0.2, 0.25) is 0 Å². The molecule has 0 radical (unpaired) electrons. The molecule has 0 N–H and O–H groups in total. The molecule has 3 heteroatoms. The predicted molar refractivity (Wildman–Crippen MR) is 55.6 cm³/mol. The smallest absolute Gasteiger partial charge is 0.146 e. The molecule has 0 spiro atoms. The van der Waals surface area contributed by atoms with E-state index in [1.165, 1.54) is 6.07 Å². The second-order valence-electron chi connectivity index (χ2n) is 3.73. The maximum absolute atomic E-state index is 13.3. The first-order valence-electron chi connectivity index (χ1n) is 3.73. The molecule has 0 aliphatic rings. The van der Waals surface area contributed by atoms with Crippen molar-refractivity contribution < 1.29 is 4.39 Å². The summed E-state index contributed by atoms with van der Waals surface area (Å²) in [7, 11) is 0. The summed E-state index contributed by atoms with van der Waals surface area (Å²) in [6.07, 6.45) is 1.68. The van der Waals surface area contributed by atoms with Crippen LogP contribution in [-0.4, -0.2) is 4.98 Å². The van der Waals surface area contributed by atoms with Gasteiger partial charge in [-0.25, -0.2) is 4.39 Å². The fourth-order valence-electron chi connectivity index (χ4n) is 0.966. The summed E-state index contributed by atoms with van der Waals surface area (Å²) in [4.78, 5) is 4.07. The van der Waals surface area contributed by atoms with E-state index in [1.54, 1.807) is 6.20 Å². The van der Waals surface area contributed by atoms with Crippen LogP contribution in [0.3, 0.4) is 0 Å². The van der Waals surface area contributed by atoms with E-state index in [2.05, 4.69) is 4.98 Å². The number of nitrogens with zero attached hydrogens (tertiary/aromatic N) is 1. The minimum absolute atomic E-state index is 0.214. The molecule has 66 valence electrons. The first kappa shape index (κ1) is 9.89. The summed E-state index contributed by atoms with van der Waals surface area (Å²) in [6.45, 7) is 5.85. The molecule has 0 aromatic carbocycles. The molecule has 0 bridgehead atoms. The van der Waals surface area contributed by atoms with Gasteiger partial charge in [0.05, 0.1) is 5.69 Å². The number of hydrogen-bond acceptors (Lipinski definition) is 1. The lowest BCUT2D eigenvalue weighted by Gasteiger charge is -2.17. The highest BCUT2D eigenvalue weighted by Crippen LogP contribution is 2.23. The Hall–Kier alpha value is -0.190. The standard InChI is InChI=1S/C9H11FIN/c1-9(2,3)8-7(10)4-6(11)5-12-8/h4-5H,1-3H3. The van der Waals surface area contributed by atoms with Crippen LogP contribution in [0, 0.1) is 9.39 Å². The van der Waals surface area contributed by atoms with Crippen molar-refractivity contribution in [1.82, 2.24) is 4.98 Å². The van der Waals surface area contributed by atoms with Crippen LogP contribution in [0.4, 0.5) is 4.39 Å². The minimum atomic E-state index is -0.214. The molecule has 1 aromatic rings. The lowest BCUT2D eigenvalue weighted by molar-refractivity contribution is 0.502. The van der Waals surface area contributed by atoms with Gasteiger partial charge in [-0.2, -0.15) is 0 Å². The quantitative estimate of drug-likeness (QED) is 0.665. The van der Waals surface area contributed by atoms with Gasteiger partial charge in [-0.05, 0) is 28.7 Å². The minimum Gasteiger partial charge on any atom is -0.257 e. The molecule has 0 aliphatic heterocycles. The van der Waals surface area contributed by atoms with Crippen molar-refractivity contribution in [3.05, 3.63) is 27.3 Å². The zero-order valence-electron chi connectivity index (χ0n) is 7.36. The van der Waals surface area contributed by atoms with Gasteiger partial charge in [0.15, 0.2) is 0 Å². The normalized spacial score (nSPS) is 11.8. The van der Waals surface area contributed by atoms with Gasteiger partial charge in [0.1, 0.15) is 5.82 Å². The van der Waals surface area contributed by atoms with Crippen molar-refractivity contribution in [3.63, 3.8) is 0 Å². The van der Waals surface area contributed by atoms with Crippen molar-refractivity contribution in [3.8, 4) is 0 Å². The molecule has 1 rings (SSSR count). The second kappa shape index (κ2) is 3.28. The number of rotatable bonds is 0. The van der Waals surface area contributed by atoms with E-state index < -0.39 is 0 Å². The van der Waals surface area contributed by atoms with E-state index in [9.17, 15) is 4.39 Å². The Balaban J connectivity index is 3.19. The molecule has 0 fully saturated rings. The molecule has 12 heavy (non-hydrogen) atoms. The largest absolute Gasteiger partial charge is 0.257 e. The molecular weight excluding hydrogens is 268 g/mol. The molecule has 0 saturated heterocycles. The van der Waals surface area contributed by atoms with E-state index in [4.69, 9.17) is 0 Å². The molecule has 0 atom stereocenters. The van der Waals surface area contributed by atoms with Gasteiger partial charge in [-0.1, -0.05) is 20.8 Å². The molecule has 0 unspecified atom stereocenters. The predicted octanol–water partition coefficient (Wildman–Crippen LogP) is 3.12. The maximum Gasteiger partial charge on any atom is 0.146 e. The molecule has 0 amide bonds. The van der Waals surface area contributed by atoms with Crippen molar-refractivity contribution in [1.29, 1.82) is 0 Å². The first-order valence-corrected chi connectivity index (χ1v) is 4.80. The Morgan fingerprint density at radius 3 is 2.42 bits per heavy atom. The number of halogens is 2. The molecular formula is C9H11FIN. The maximum atomic E-state index is 13.3. The van der Waals surface area contributed by atoms with Gasteiger partial charge in [0, 0.05) is 15.2 Å². The summed E-state index contributed by atoms with van der Waals surface area (Å²) >= 11 is 2.05. The third kappa shape index (κ3) is 2.15. The van der Waals surface area contributed by atoms with E-state index in [0.29, 0.717) is 5.69 Å². The average molecular weight is 279 g/mol. The number of pyridine rings is 1.